The first-order valence-electron chi connectivity index (χ1n) is 7.06. The average Bonchev–Trinajstić information content (AvgIpc) is 3.22. The van der Waals surface area contributed by atoms with E-state index in [0.29, 0.717) is 11.6 Å². The van der Waals surface area contributed by atoms with Crippen molar-refractivity contribution < 1.29 is 9.53 Å². The van der Waals surface area contributed by atoms with E-state index in [1.54, 1.807) is 18.0 Å². The summed E-state index contributed by atoms with van der Waals surface area (Å²) in [5.74, 6) is 1.36. The van der Waals surface area contributed by atoms with Crippen molar-refractivity contribution in [2.75, 3.05) is 12.0 Å². The Morgan fingerprint density at radius 1 is 1.38 bits per heavy atom. The molecular weight excluding hydrogens is 284 g/mol. The van der Waals surface area contributed by atoms with Crippen molar-refractivity contribution in [1.29, 1.82) is 0 Å². The van der Waals surface area contributed by atoms with Gasteiger partial charge in [0, 0.05) is 17.1 Å². The predicted molar refractivity (Wildman–Crippen MR) is 84.1 cm³/mol. The zero-order chi connectivity index (χ0) is 14.8. The number of ether oxygens (including phenoxy) is 1. The first-order chi connectivity index (χ1) is 10.2. The number of thiazole rings is 1. The van der Waals surface area contributed by atoms with Gasteiger partial charge in [0.05, 0.1) is 12.6 Å². The van der Waals surface area contributed by atoms with Gasteiger partial charge in [-0.3, -0.25) is 4.79 Å². The van der Waals surface area contributed by atoms with E-state index in [4.69, 9.17) is 4.74 Å². The molecule has 2 aromatic rings. The number of anilines is 1. The molecule has 0 saturated heterocycles. The van der Waals surface area contributed by atoms with Crippen LogP contribution in [0.15, 0.2) is 35.2 Å². The van der Waals surface area contributed by atoms with Crippen molar-refractivity contribution >= 4 is 22.9 Å². The molecule has 1 amide bonds. The number of rotatable bonds is 5. The summed E-state index contributed by atoms with van der Waals surface area (Å²) >= 11 is 1.44. The zero-order valence-electron chi connectivity index (χ0n) is 12.2. The van der Waals surface area contributed by atoms with Crippen LogP contribution in [0, 0.1) is 5.92 Å². The van der Waals surface area contributed by atoms with Crippen LogP contribution in [0.3, 0.4) is 0 Å². The second-order valence-corrected chi connectivity index (χ2v) is 6.04. The fourth-order valence-corrected chi connectivity index (χ4v) is 3.04. The molecule has 1 aliphatic carbocycles. The van der Waals surface area contributed by atoms with Gasteiger partial charge in [-0.05, 0) is 49.9 Å². The highest BCUT2D eigenvalue weighted by Gasteiger charge is 2.35. The smallest absolute Gasteiger partial charge is 0.277 e. The van der Waals surface area contributed by atoms with Gasteiger partial charge in [-0.2, -0.15) is 0 Å². The minimum atomic E-state index is -0.0270. The van der Waals surface area contributed by atoms with Crippen LogP contribution in [0.25, 0.3) is 0 Å². The fraction of sp³-hybridized carbons (Fsp3) is 0.375. The van der Waals surface area contributed by atoms with Crippen molar-refractivity contribution in [3.8, 4) is 5.75 Å². The van der Waals surface area contributed by atoms with E-state index in [1.807, 2.05) is 29.2 Å². The van der Waals surface area contributed by atoms with Gasteiger partial charge in [-0.1, -0.05) is 0 Å². The number of carbonyl (C=O) groups excluding carboxylic acids is 1. The second kappa shape index (κ2) is 5.85. The van der Waals surface area contributed by atoms with Crippen molar-refractivity contribution in [1.82, 2.24) is 4.98 Å². The van der Waals surface area contributed by atoms with Crippen LogP contribution in [-0.4, -0.2) is 24.0 Å². The van der Waals surface area contributed by atoms with E-state index in [2.05, 4.69) is 11.9 Å². The van der Waals surface area contributed by atoms with E-state index >= 15 is 0 Å². The Labute approximate surface area is 128 Å². The van der Waals surface area contributed by atoms with Gasteiger partial charge in [0.25, 0.3) is 5.91 Å². The lowest BCUT2D eigenvalue weighted by atomic mass is 10.1. The van der Waals surface area contributed by atoms with E-state index < -0.39 is 0 Å². The molecule has 1 saturated carbocycles. The van der Waals surface area contributed by atoms with Gasteiger partial charge in [0.2, 0.25) is 0 Å². The monoisotopic (exact) mass is 302 g/mol. The largest absolute Gasteiger partial charge is 0.497 e. The minimum Gasteiger partial charge on any atom is -0.497 e. The number of amides is 1. The maximum absolute atomic E-state index is 12.8. The Morgan fingerprint density at radius 2 is 2.10 bits per heavy atom. The summed E-state index contributed by atoms with van der Waals surface area (Å²) < 4.78 is 5.19. The summed E-state index contributed by atoms with van der Waals surface area (Å²) in [5, 5.41) is 1.80. The van der Waals surface area contributed by atoms with Crippen molar-refractivity contribution in [2.45, 2.75) is 25.8 Å². The summed E-state index contributed by atoms with van der Waals surface area (Å²) in [6.45, 7) is 2.12. The van der Waals surface area contributed by atoms with Crippen LogP contribution in [0.1, 0.15) is 30.3 Å². The molecule has 0 radical (unpaired) electrons. The van der Waals surface area contributed by atoms with Gasteiger partial charge in [0.15, 0.2) is 0 Å². The minimum absolute atomic E-state index is 0.0270. The maximum atomic E-state index is 12.8. The number of methoxy groups -OCH3 is 1. The predicted octanol–water partition coefficient (Wildman–Crippen LogP) is 3.60. The van der Waals surface area contributed by atoms with Crippen LogP contribution >= 0.6 is 11.3 Å². The summed E-state index contributed by atoms with van der Waals surface area (Å²) in [7, 11) is 1.64. The van der Waals surface area contributed by atoms with Gasteiger partial charge in [-0.15, -0.1) is 11.3 Å². The number of benzene rings is 1. The number of hydrogen-bond acceptors (Lipinski definition) is 4. The third kappa shape index (κ3) is 2.93. The first-order valence-corrected chi connectivity index (χ1v) is 8.01. The van der Waals surface area contributed by atoms with Gasteiger partial charge in [0.1, 0.15) is 11.4 Å². The lowest BCUT2D eigenvalue weighted by Gasteiger charge is -2.29. The topological polar surface area (TPSA) is 42.4 Å². The van der Waals surface area contributed by atoms with Crippen molar-refractivity contribution in [3.63, 3.8) is 0 Å². The van der Waals surface area contributed by atoms with E-state index in [-0.39, 0.29) is 11.9 Å². The van der Waals surface area contributed by atoms with Crippen LogP contribution in [0.2, 0.25) is 0 Å². The Balaban J connectivity index is 1.92. The zero-order valence-corrected chi connectivity index (χ0v) is 13.0. The molecule has 0 spiro atoms. The summed E-state index contributed by atoms with van der Waals surface area (Å²) in [5.41, 5.74) is 3.11. The lowest BCUT2D eigenvalue weighted by Crippen LogP contribution is -2.40. The fourth-order valence-electron chi connectivity index (χ4n) is 2.51. The number of nitrogens with zero attached hydrogens (tertiary/aromatic N) is 2. The average molecular weight is 302 g/mol. The molecule has 110 valence electrons. The highest BCUT2D eigenvalue weighted by atomic mass is 32.1. The maximum Gasteiger partial charge on any atom is 0.277 e. The first kappa shape index (κ1) is 14.1. The summed E-state index contributed by atoms with van der Waals surface area (Å²) in [6.07, 6.45) is 2.39. The Bertz CT molecular complexity index is 606. The van der Waals surface area contributed by atoms with Crippen molar-refractivity contribution in [3.05, 3.63) is 40.8 Å². The van der Waals surface area contributed by atoms with Crippen LogP contribution in [0.5, 0.6) is 5.75 Å². The molecule has 1 aliphatic rings. The molecular formula is C16H18N2O2S. The van der Waals surface area contributed by atoms with Crippen LogP contribution in [0.4, 0.5) is 5.69 Å². The number of carbonyl (C=O) groups is 1. The Kier molecular flexibility index (Phi) is 3.92. The SMILES string of the molecule is COc1ccc(N(C(=O)c2cscn2)C(C)C2CC2)cc1. The highest BCUT2D eigenvalue weighted by molar-refractivity contribution is 7.07. The van der Waals surface area contributed by atoms with E-state index in [9.17, 15) is 4.79 Å². The molecule has 4 nitrogen and oxygen atoms in total. The quantitative estimate of drug-likeness (QED) is 0.847. The van der Waals surface area contributed by atoms with Gasteiger partial charge in [-0.25, -0.2) is 4.98 Å². The molecule has 0 N–H and O–H groups in total. The molecule has 1 unspecified atom stereocenters. The number of aromatic nitrogens is 1. The van der Waals surface area contributed by atoms with Crippen LogP contribution in [-0.2, 0) is 0 Å². The van der Waals surface area contributed by atoms with E-state index in [0.717, 1.165) is 11.4 Å². The normalized spacial score (nSPS) is 15.5. The Hall–Kier alpha value is -1.88. The lowest BCUT2D eigenvalue weighted by molar-refractivity contribution is 0.0971. The van der Waals surface area contributed by atoms with Gasteiger partial charge >= 0.3 is 0 Å². The third-order valence-corrected chi connectivity index (χ3v) is 4.52. The molecule has 21 heavy (non-hydrogen) atoms. The Morgan fingerprint density at radius 3 is 2.62 bits per heavy atom. The highest BCUT2D eigenvalue weighted by Crippen LogP contribution is 2.37. The second-order valence-electron chi connectivity index (χ2n) is 5.32. The molecule has 5 heteroatoms. The van der Waals surface area contributed by atoms with Gasteiger partial charge < -0.3 is 9.64 Å². The standard InChI is InChI=1S/C16H18N2O2S/c1-11(12-3-4-12)18(16(19)15-9-21-10-17-15)13-5-7-14(20-2)8-6-13/h5-12H,3-4H2,1-2H3. The summed E-state index contributed by atoms with van der Waals surface area (Å²) in [6, 6.07) is 7.82. The molecule has 1 fully saturated rings. The number of hydrogen-bond donors (Lipinski definition) is 0. The molecule has 3 rings (SSSR count). The van der Waals surface area contributed by atoms with Crippen molar-refractivity contribution in [2.24, 2.45) is 5.92 Å². The molecule has 0 bridgehead atoms. The molecule has 1 atom stereocenters. The molecule has 1 aromatic heterocycles. The third-order valence-electron chi connectivity index (χ3n) is 3.93. The summed E-state index contributed by atoms with van der Waals surface area (Å²) in [4.78, 5) is 18.8. The molecule has 1 aromatic carbocycles. The van der Waals surface area contributed by atoms with E-state index in [1.165, 1.54) is 24.2 Å². The van der Waals surface area contributed by atoms with Crippen LogP contribution < -0.4 is 9.64 Å². The molecule has 0 aliphatic heterocycles. The molecule has 1 heterocycles.